The number of aromatic nitrogens is 2. The van der Waals surface area contributed by atoms with Gasteiger partial charge in [-0.3, -0.25) is 10.1 Å². The standard InChI is InChI=1S/C17H21Cl2N3O2S/c1-3-5-6-11(4-2)16-21-22-17(25-16)20-15(23)10-24-14-8-7-12(18)9-13(14)19/h7-9,11H,3-6,10H2,1-2H3,(H,20,22,23). The molecule has 2 aromatic rings. The summed E-state index contributed by atoms with van der Waals surface area (Å²) in [5, 5.41) is 13.3. The van der Waals surface area contributed by atoms with Crippen LogP contribution in [0.15, 0.2) is 18.2 Å². The molecule has 1 amide bonds. The van der Waals surface area contributed by atoms with Gasteiger partial charge in [-0.05, 0) is 31.0 Å². The number of unbranched alkanes of at least 4 members (excludes halogenated alkanes) is 1. The Morgan fingerprint density at radius 3 is 2.80 bits per heavy atom. The molecule has 1 heterocycles. The fourth-order valence-corrected chi connectivity index (χ4v) is 3.73. The number of amides is 1. The predicted octanol–water partition coefficient (Wildman–Crippen LogP) is 5.55. The van der Waals surface area contributed by atoms with Gasteiger partial charge >= 0.3 is 0 Å². The molecule has 2 rings (SSSR count). The molecule has 1 aromatic heterocycles. The Labute approximate surface area is 161 Å². The Morgan fingerprint density at radius 2 is 2.12 bits per heavy atom. The van der Waals surface area contributed by atoms with Gasteiger partial charge in [-0.25, -0.2) is 0 Å². The maximum atomic E-state index is 12.0. The van der Waals surface area contributed by atoms with Crippen LogP contribution in [0.5, 0.6) is 5.75 Å². The van der Waals surface area contributed by atoms with Gasteiger partial charge in [-0.2, -0.15) is 0 Å². The summed E-state index contributed by atoms with van der Waals surface area (Å²) in [5.74, 6) is 0.493. The van der Waals surface area contributed by atoms with Crippen LogP contribution in [0.2, 0.25) is 10.0 Å². The Bertz CT molecular complexity index is 709. The first-order valence-corrected chi connectivity index (χ1v) is 9.81. The second-order valence-electron chi connectivity index (χ2n) is 5.60. The van der Waals surface area contributed by atoms with Crippen LogP contribution >= 0.6 is 34.5 Å². The van der Waals surface area contributed by atoms with E-state index in [1.165, 1.54) is 11.3 Å². The van der Waals surface area contributed by atoms with Gasteiger partial charge in [0.1, 0.15) is 10.8 Å². The zero-order chi connectivity index (χ0) is 18.2. The maximum Gasteiger partial charge on any atom is 0.264 e. The second kappa shape index (κ2) is 9.94. The van der Waals surface area contributed by atoms with E-state index in [2.05, 4.69) is 29.4 Å². The molecule has 8 heteroatoms. The lowest BCUT2D eigenvalue weighted by Gasteiger charge is -2.09. The van der Waals surface area contributed by atoms with Crippen molar-refractivity contribution in [3.05, 3.63) is 33.3 Å². The van der Waals surface area contributed by atoms with Gasteiger partial charge in [0.2, 0.25) is 5.13 Å². The first-order chi connectivity index (χ1) is 12.0. The molecule has 1 N–H and O–H groups in total. The van der Waals surface area contributed by atoms with E-state index in [4.69, 9.17) is 27.9 Å². The molecule has 1 unspecified atom stereocenters. The zero-order valence-electron chi connectivity index (χ0n) is 14.2. The third kappa shape index (κ3) is 6.13. The molecule has 0 radical (unpaired) electrons. The Balaban J connectivity index is 1.88. The molecule has 0 fully saturated rings. The topological polar surface area (TPSA) is 64.1 Å². The molecule has 0 spiro atoms. The number of benzene rings is 1. The number of rotatable bonds is 9. The van der Waals surface area contributed by atoms with Crippen molar-refractivity contribution in [3.63, 3.8) is 0 Å². The van der Waals surface area contributed by atoms with E-state index in [-0.39, 0.29) is 12.5 Å². The second-order valence-corrected chi connectivity index (χ2v) is 7.46. The Kier molecular flexibility index (Phi) is 7.93. The van der Waals surface area contributed by atoms with Gasteiger partial charge in [0, 0.05) is 10.9 Å². The van der Waals surface area contributed by atoms with Crippen LogP contribution in [0.25, 0.3) is 0 Å². The largest absolute Gasteiger partial charge is 0.482 e. The molecule has 0 aliphatic heterocycles. The lowest BCUT2D eigenvalue weighted by atomic mass is 10.0. The third-order valence-corrected chi connectivity index (χ3v) is 5.22. The van der Waals surface area contributed by atoms with E-state index in [9.17, 15) is 4.79 Å². The van der Waals surface area contributed by atoms with Crippen molar-refractivity contribution in [1.29, 1.82) is 0 Å². The number of nitrogens with one attached hydrogen (secondary N) is 1. The molecular formula is C17H21Cl2N3O2S. The van der Waals surface area contributed by atoms with Gasteiger partial charge < -0.3 is 4.74 Å². The summed E-state index contributed by atoms with van der Waals surface area (Å²) in [4.78, 5) is 12.0. The summed E-state index contributed by atoms with van der Waals surface area (Å²) in [6, 6.07) is 4.84. The molecule has 0 aliphatic carbocycles. The number of carbonyl (C=O) groups excluding carboxylic acids is 1. The summed E-state index contributed by atoms with van der Waals surface area (Å²) >= 11 is 13.3. The fraction of sp³-hybridized carbons (Fsp3) is 0.471. The van der Waals surface area contributed by atoms with Crippen molar-refractivity contribution in [2.24, 2.45) is 0 Å². The van der Waals surface area contributed by atoms with Crippen LogP contribution in [0, 0.1) is 0 Å². The van der Waals surface area contributed by atoms with Crippen molar-refractivity contribution in [2.75, 3.05) is 11.9 Å². The predicted molar refractivity (Wildman–Crippen MR) is 103 cm³/mol. The minimum absolute atomic E-state index is 0.163. The number of ether oxygens (including phenoxy) is 1. The summed E-state index contributed by atoms with van der Waals surface area (Å²) in [6.45, 7) is 4.15. The van der Waals surface area contributed by atoms with Crippen LogP contribution in [0.3, 0.4) is 0 Å². The fourth-order valence-electron chi connectivity index (χ4n) is 2.29. The molecule has 0 saturated heterocycles. The van der Waals surface area contributed by atoms with Crippen molar-refractivity contribution in [2.45, 2.75) is 45.4 Å². The molecule has 0 aliphatic rings. The number of nitrogens with zero attached hydrogens (tertiary/aromatic N) is 2. The number of halogens is 2. The number of hydrogen-bond donors (Lipinski definition) is 1. The van der Waals surface area contributed by atoms with Gasteiger partial charge in [-0.15, -0.1) is 10.2 Å². The Hall–Kier alpha value is -1.37. The van der Waals surface area contributed by atoms with Gasteiger partial charge in [0.15, 0.2) is 6.61 Å². The van der Waals surface area contributed by atoms with Crippen LogP contribution in [0.1, 0.15) is 50.5 Å². The highest BCUT2D eigenvalue weighted by atomic mass is 35.5. The van der Waals surface area contributed by atoms with Crippen LogP contribution in [-0.2, 0) is 4.79 Å². The monoisotopic (exact) mass is 401 g/mol. The third-order valence-electron chi connectivity index (χ3n) is 3.69. The average Bonchev–Trinajstić information content (AvgIpc) is 3.03. The van der Waals surface area contributed by atoms with E-state index in [0.717, 1.165) is 30.7 Å². The summed E-state index contributed by atoms with van der Waals surface area (Å²) in [7, 11) is 0. The van der Waals surface area contributed by atoms with Gasteiger partial charge in [0.05, 0.1) is 5.02 Å². The van der Waals surface area contributed by atoms with Gasteiger partial charge in [0.25, 0.3) is 5.91 Å². The van der Waals surface area contributed by atoms with Crippen molar-refractivity contribution in [1.82, 2.24) is 10.2 Å². The van der Waals surface area contributed by atoms with E-state index in [1.54, 1.807) is 18.2 Å². The number of anilines is 1. The molecule has 1 aromatic carbocycles. The summed E-state index contributed by atoms with van der Waals surface area (Å²) < 4.78 is 5.41. The van der Waals surface area contributed by atoms with E-state index in [0.29, 0.717) is 26.8 Å². The van der Waals surface area contributed by atoms with Crippen molar-refractivity contribution >= 4 is 45.6 Å². The Morgan fingerprint density at radius 1 is 1.32 bits per heavy atom. The molecule has 0 saturated carbocycles. The van der Waals surface area contributed by atoms with E-state index < -0.39 is 0 Å². The summed E-state index contributed by atoms with van der Waals surface area (Å²) in [5.41, 5.74) is 0. The molecule has 25 heavy (non-hydrogen) atoms. The first-order valence-electron chi connectivity index (χ1n) is 8.24. The van der Waals surface area contributed by atoms with Crippen LogP contribution in [0.4, 0.5) is 5.13 Å². The maximum absolute atomic E-state index is 12.0. The lowest BCUT2D eigenvalue weighted by Crippen LogP contribution is -2.20. The first kappa shape index (κ1) is 19.9. The molecule has 0 bridgehead atoms. The highest BCUT2D eigenvalue weighted by Crippen LogP contribution is 2.30. The number of hydrogen-bond acceptors (Lipinski definition) is 5. The van der Waals surface area contributed by atoms with Crippen LogP contribution in [-0.4, -0.2) is 22.7 Å². The molecule has 136 valence electrons. The highest BCUT2D eigenvalue weighted by molar-refractivity contribution is 7.15. The van der Waals surface area contributed by atoms with E-state index >= 15 is 0 Å². The SMILES string of the molecule is CCCCC(CC)c1nnc(NC(=O)COc2ccc(Cl)cc2Cl)s1. The van der Waals surface area contributed by atoms with Crippen LogP contribution < -0.4 is 10.1 Å². The minimum Gasteiger partial charge on any atom is -0.482 e. The van der Waals surface area contributed by atoms with Crippen molar-refractivity contribution < 1.29 is 9.53 Å². The minimum atomic E-state index is -0.310. The smallest absolute Gasteiger partial charge is 0.264 e. The highest BCUT2D eigenvalue weighted by Gasteiger charge is 2.16. The lowest BCUT2D eigenvalue weighted by molar-refractivity contribution is -0.118. The normalized spacial score (nSPS) is 12.0. The molecule has 5 nitrogen and oxygen atoms in total. The summed E-state index contributed by atoms with van der Waals surface area (Å²) in [6.07, 6.45) is 4.42. The zero-order valence-corrected chi connectivity index (χ0v) is 16.5. The van der Waals surface area contributed by atoms with Gasteiger partial charge in [-0.1, -0.05) is 61.2 Å². The molecular weight excluding hydrogens is 381 g/mol. The quantitative estimate of drug-likeness (QED) is 0.598. The van der Waals surface area contributed by atoms with Crippen molar-refractivity contribution in [3.8, 4) is 5.75 Å². The number of carbonyl (C=O) groups is 1. The average molecular weight is 402 g/mol. The van der Waals surface area contributed by atoms with E-state index in [1.807, 2.05) is 0 Å². The molecule has 1 atom stereocenters.